The molecule has 0 radical (unpaired) electrons. The van der Waals surface area contributed by atoms with E-state index in [4.69, 9.17) is 5.11 Å². The molecule has 0 aromatic heterocycles. The van der Waals surface area contributed by atoms with Crippen molar-refractivity contribution < 1.29 is 22.7 Å². The molecular weight excluding hydrogens is 285 g/mol. The molecule has 1 amide bonds. The van der Waals surface area contributed by atoms with Gasteiger partial charge >= 0.3 is 0 Å². The van der Waals surface area contributed by atoms with Crippen LogP contribution in [0.1, 0.15) is 12.5 Å². The van der Waals surface area contributed by atoms with Crippen molar-refractivity contribution in [2.75, 3.05) is 18.2 Å². The highest BCUT2D eigenvalue weighted by Gasteiger charge is 2.24. The fourth-order valence-electron chi connectivity index (χ4n) is 1.26. The van der Waals surface area contributed by atoms with Gasteiger partial charge in [-0.3, -0.25) is 4.79 Å². The summed E-state index contributed by atoms with van der Waals surface area (Å²) in [6, 6.07) is 3.82. The lowest BCUT2D eigenvalue weighted by Crippen LogP contribution is -2.32. The number of nitrogens with one attached hydrogen (secondary N) is 1. The third-order valence-electron chi connectivity index (χ3n) is 2.55. The molecule has 1 rings (SSSR count). The molecule has 0 heterocycles. The maximum Gasteiger partial charge on any atom is 0.242 e. The lowest BCUT2D eigenvalue weighted by molar-refractivity contribution is -0.115. The summed E-state index contributed by atoms with van der Waals surface area (Å²) in [5, 5.41) is 9.47. The minimum Gasteiger partial charge on any atom is -0.384 e. The van der Waals surface area contributed by atoms with Gasteiger partial charge in [0.05, 0.1) is 5.69 Å². The molecule has 1 aromatic carbocycles. The summed E-state index contributed by atoms with van der Waals surface area (Å²) in [6.07, 6.45) is 0.932. The zero-order valence-corrected chi connectivity index (χ0v) is 11.8. The van der Waals surface area contributed by atoms with Gasteiger partial charge in [-0.15, -0.1) is 0 Å². The second kappa shape index (κ2) is 6.50. The Bertz CT molecular complexity index is 673. The van der Waals surface area contributed by atoms with Crippen molar-refractivity contribution in [3.8, 4) is 11.8 Å². The predicted molar refractivity (Wildman–Crippen MR) is 73.3 cm³/mol. The fourth-order valence-corrected chi connectivity index (χ4v) is 1.71. The number of sulfone groups is 1. The van der Waals surface area contributed by atoms with Gasteiger partial charge in [0.25, 0.3) is 0 Å². The predicted octanol–water partition coefficient (Wildman–Crippen LogP) is 0.541. The van der Waals surface area contributed by atoms with Gasteiger partial charge in [-0.25, -0.2) is 12.8 Å². The van der Waals surface area contributed by atoms with E-state index in [-0.39, 0.29) is 12.3 Å². The van der Waals surface area contributed by atoms with Crippen molar-refractivity contribution in [2.45, 2.75) is 12.2 Å². The van der Waals surface area contributed by atoms with Crippen LogP contribution in [0.2, 0.25) is 0 Å². The Morgan fingerprint density at radius 1 is 1.50 bits per heavy atom. The van der Waals surface area contributed by atoms with Crippen LogP contribution in [0.25, 0.3) is 0 Å². The van der Waals surface area contributed by atoms with Crippen LogP contribution in [-0.2, 0) is 14.6 Å². The summed E-state index contributed by atoms with van der Waals surface area (Å²) in [6.45, 7) is 0.885. The van der Waals surface area contributed by atoms with Crippen LogP contribution in [-0.4, -0.2) is 37.5 Å². The number of carbonyl (C=O) groups excluding carboxylic acids is 1. The largest absolute Gasteiger partial charge is 0.384 e. The van der Waals surface area contributed by atoms with E-state index in [1.54, 1.807) is 0 Å². The van der Waals surface area contributed by atoms with E-state index in [1.807, 2.05) is 0 Å². The number of carbonyl (C=O) groups is 1. The van der Waals surface area contributed by atoms with Crippen LogP contribution in [0, 0.1) is 17.7 Å². The molecule has 0 aliphatic carbocycles. The summed E-state index contributed by atoms with van der Waals surface area (Å²) in [5.41, 5.74) is 0.214. The first-order chi connectivity index (χ1) is 9.25. The van der Waals surface area contributed by atoms with E-state index in [9.17, 15) is 17.6 Å². The summed E-state index contributed by atoms with van der Waals surface area (Å²) in [5.74, 6) is 3.34. The van der Waals surface area contributed by atoms with E-state index in [2.05, 4.69) is 17.2 Å². The third kappa shape index (κ3) is 4.33. The van der Waals surface area contributed by atoms with Gasteiger partial charge in [0.2, 0.25) is 5.91 Å². The molecule has 7 heteroatoms. The number of halogens is 1. The molecule has 0 aliphatic heterocycles. The van der Waals surface area contributed by atoms with Crippen LogP contribution in [0.4, 0.5) is 10.1 Å². The standard InChI is InChI=1S/C13H14FNO4S/c1-9(20(2,18)19)13(17)15-12-6-5-10(4-3-7-16)8-11(12)14/h5-6,8-9,16H,7H2,1-2H3,(H,15,17). The van der Waals surface area contributed by atoms with Crippen molar-refractivity contribution in [1.29, 1.82) is 0 Å². The number of anilines is 1. The third-order valence-corrected chi connectivity index (χ3v) is 4.05. The first-order valence-corrected chi connectivity index (χ1v) is 7.60. The van der Waals surface area contributed by atoms with Gasteiger partial charge in [0.1, 0.15) is 17.7 Å². The van der Waals surface area contributed by atoms with Gasteiger partial charge < -0.3 is 10.4 Å². The van der Waals surface area contributed by atoms with E-state index >= 15 is 0 Å². The second-order valence-corrected chi connectivity index (χ2v) is 6.48. The maximum absolute atomic E-state index is 13.7. The van der Waals surface area contributed by atoms with E-state index in [1.165, 1.54) is 19.1 Å². The smallest absolute Gasteiger partial charge is 0.242 e. The Morgan fingerprint density at radius 3 is 2.65 bits per heavy atom. The number of aliphatic hydroxyl groups is 1. The topological polar surface area (TPSA) is 83.5 Å². The molecule has 1 aromatic rings. The summed E-state index contributed by atoms with van der Waals surface area (Å²) >= 11 is 0. The number of aliphatic hydroxyl groups excluding tert-OH is 1. The summed E-state index contributed by atoms with van der Waals surface area (Å²) in [7, 11) is -3.54. The molecule has 5 nitrogen and oxygen atoms in total. The van der Waals surface area contributed by atoms with Crippen molar-refractivity contribution in [3.63, 3.8) is 0 Å². The van der Waals surface area contributed by atoms with E-state index in [0.29, 0.717) is 5.56 Å². The Balaban J connectivity index is 2.92. The van der Waals surface area contributed by atoms with E-state index < -0.39 is 26.8 Å². The van der Waals surface area contributed by atoms with Crippen molar-refractivity contribution >= 4 is 21.4 Å². The van der Waals surface area contributed by atoms with Crippen LogP contribution in [0.3, 0.4) is 0 Å². The first-order valence-electron chi connectivity index (χ1n) is 5.64. The average Bonchev–Trinajstić information content (AvgIpc) is 2.37. The lowest BCUT2D eigenvalue weighted by atomic mass is 10.2. The van der Waals surface area contributed by atoms with Crippen LogP contribution in [0.5, 0.6) is 0 Å². The minimum atomic E-state index is -3.54. The summed E-state index contributed by atoms with van der Waals surface area (Å²) < 4.78 is 36.2. The number of amides is 1. The molecule has 0 aliphatic rings. The molecule has 0 fully saturated rings. The molecule has 0 spiro atoms. The molecule has 0 saturated carbocycles. The van der Waals surface area contributed by atoms with Crippen molar-refractivity contribution in [2.24, 2.45) is 0 Å². The van der Waals surface area contributed by atoms with Gasteiger partial charge in [0.15, 0.2) is 9.84 Å². The maximum atomic E-state index is 13.7. The highest BCUT2D eigenvalue weighted by molar-refractivity contribution is 7.92. The number of hydrogen-bond donors (Lipinski definition) is 2. The average molecular weight is 299 g/mol. The Kier molecular flexibility index (Phi) is 5.25. The quantitative estimate of drug-likeness (QED) is 0.798. The molecular formula is C13H14FNO4S. The summed E-state index contributed by atoms with van der Waals surface area (Å²) in [4.78, 5) is 11.7. The Hall–Kier alpha value is -1.91. The van der Waals surface area contributed by atoms with Crippen LogP contribution in [0.15, 0.2) is 18.2 Å². The van der Waals surface area contributed by atoms with Crippen LogP contribution < -0.4 is 5.32 Å². The zero-order chi connectivity index (χ0) is 15.3. The molecule has 20 heavy (non-hydrogen) atoms. The monoisotopic (exact) mass is 299 g/mol. The molecule has 1 unspecified atom stereocenters. The van der Waals surface area contributed by atoms with E-state index in [0.717, 1.165) is 12.3 Å². The number of rotatable bonds is 3. The number of hydrogen-bond acceptors (Lipinski definition) is 4. The zero-order valence-electron chi connectivity index (χ0n) is 11.0. The van der Waals surface area contributed by atoms with Gasteiger partial charge in [0, 0.05) is 11.8 Å². The second-order valence-electron chi connectivity index (χ2n) is 4.12. The molecule has 0 saturated heterocycles. The van der Waals surface area contributed by atoms with Gasteiger partial charge in [-0.05, 0) is 25.1 Å². The molecule has 1 atom stereocenters. The highest BCUT2D eigenvalue weighted by atomic mass is 32.2. The lowest BCUT2D eigenvalue weighted by Gasteiger charge is -2.11. The normalized spacial score (nSPS) is 12.2. The van der Waals surface area contributed by atoms with Gasteiger partial charge in [-0.1, -0.05) is 11.8 Å². The first kappa shape index (κ1) is 16.1. The number of benzene rings is 1. The van der Waals surface area contributed by atoms with Crippen molar-refractivity contribution in [1.82, 2.24) is 0 Å². The Morgan fingerprint density at radius 2 is 2.15 bits per heavy atom. The molecule has 0 bridgehead atoms. The van der Waals surface area contributed by atoms with Crippen LogP contribution >= 0.6 is 0 Å². The van der Waals surface area contributed by atoms with Crippen molar-refractivity contribution in [3.05, 3.63) is 29.6 Å². The SMILES string of the molecule is CC(C(=O)Nc1ccc(C#CCO)cc1F)S(C)(=O)=O. The fraction of sp³-hybridized carbons (Fsp3) is 0.308. The highest BCUT2D eigenvalue weighted by Crippen LogP contribution is 2.16. The molecule has 108 valence electrons. The molecule has 2 N–H and O–H groups in total. The minimum absolute atomic E-state index is 0.125. The Labute approximate surface area is 116 Å². The van der Waals surface area contributed by atoms with Gasteiger partial charge in [-0.2, -0.15) is 0 Å².